The highest BCUT2D eigenvalue weighted by molar-refractivity contribution is 8.06. The van der Waals surface area contributed by atoms with Crippen molar-refractivity contribution in [3.05, 3.63) is 22.2 Å². The van der Waals surface area contributed by atoms with Crippen LogP contribution >= 0.6 is 46.9 Å². The molecule has 0 radical (unpaired) electrons. The predicted octanol–water partition coefficient (Wildman–Crippen LogP) is 4.18. The summed E-state index contributed by atoms with van der Waals surface area (Å²) in [5.74, 6) is 5.36. The van der Waals surface area contributed by atoms with Crippen LogP contribution in [0, 0.1) is 0 Å². The third kappa shape index (κ3) is 2.51. The van der Waals surface area contributed by atoms with Crippen LogP contribution in [0.25, 0.3) is 0 Å². The molecule has 0 N–H and O–H groups in total. The van der Waals surface area contributed by atoms with Crippen molar-refractivity contribution < 1.29 is 0 Å². The average molecular weight is 319 g/mol. The molecule has 1 aromatic heterocycles. The molecule has 2 aliphatic rings. The Morgan fingerprint density at radius 3 is 2.89 bits per heavy atom. The van der Waals surface area contributed by atoms with Crippen molar-refractivity contribution in [1.29, 1.82) is 0 Å². The minimum atomic E-state index is 0.419. The van der Waals surface area contributed by atoms with Crippen molar-refractivity contribution in [1.82, 2.24) is 9.97 Å². The van der Waals surface area contributed by atoms with Crippen molar-refractivity contribution in [3.63, 3.8) is 0 Å². The van der Waals surface area contributed by atoms with Gasteiger partial charge in [-0.15, -0.1) is 11.8 Å². The first-order chi connectivity index (χ1) is 8.79. The molecule has 0 saturated carbocycles. The quantitative estimate of drug-likeness (QED) is 0.762. The van der Waals surface area contributed by atoms with Gasteiger partial charge in [-0.1, -0.05) is 18.5 Å². The predicted molar refractivity (Wildman–Crippen MR) is 83.8 cm³/mol. The molecule has 1 aromatic rings. The van der Waals surface area contributed by atoms with Crippen LogP contribution in [0.15, 0.2) is 0 Å². The van der Waals surface area contributed by atoms with Crippen molar-refractivity contribution >= 4 is 46.9 Å². The maximum Gasteiger partial charge on any atom is 0.144 e. The van der Waals surface area contributed by atoms with Gasteiger partial charge in [0.25, 0.3) is 0 Å². The normalized spacial score (nSPS) is 27.2. The Morgan fingerprint density at radius 2 is 2.06 bits per heavy atom. The second kappa shape index (κ2) is 5.81. The third-order valence-electron chi connectivity index (χ3n) is 3.25. The molecule has 3 heterocycles. The van der Waals surface area contributed by atoms with E-state index >= 15 is 0 Å². The SMILES string of the molecule is CCC1SCCSC1c1nc(Cl)c2c(n1)CSC2. The Hall–Kier alpha value is 0.420. The van der Waals surface area contributed by atoms with Gasteiger partial charge in [0.15, 0.2) is 0 Å². The van der Waals surface area contributed by atoms with E-state index in [0.29, 0.717) is 15.7 Å². The highest BCUT2D eigenvalue weighted by Crippen LogP contribution is 2.44. The van der Waals surface area contributed by atoms with Gasteiger partial charge < -0.3 is 0 Å². The molecule has 1 fully saturated rings. The molecule has 1 saturated heterocycles. The van der Waals surface area contributed by atoms with Crippen LogP contribution in [0.3, 0.4) is 0 Å². The van der Waals surface area contributed by atoms with Gasteiger partial charge in [-0.2, -0.15) is 23.5 Å². The zero-order valence-corrected chi connectivity index (χ0v) is 13.4. The van der Waals surface area contributed by atoms with Crippen LogP contribution in [-0.2, 0) is 11.5 Å². The monoisotopic (exact) mass is 318 g/mol. The first kappa shape index (κ1) is 13.4. The average Bonchev–Trinajstić information content (AvgIpc) is 2.87. The summed E-state index contributed by atoms with van der Waals surface area (Å²) in [6.07, 6.45) is 1.18. The zero-order chi connectivity index (χ0) is 12.5. The molecule has 18 heavy (non-hydrogen) atoms. The fourth-order valence-corrected chi connectivity index (χ4v) is 6.67. The number of thioether (sulfide) groups is 3. The van der Waals surface area contributed by atoms with Crippen molar-refractivity contribution in [2.45, 2.75) is 35.4 Å². The van der Waals surface area contributed by atoms with Crippen LogP contribution in [-0.4, -0.2) is 26.7 Å². The van der Waals surface area contributed by atoms with E-state index in [9.17, 15) is 0 Å². The second-order valence-corrected chi connectivity index (χ2v) is 8.34. The van der Waals surface area contributed by atoms with Gasteiger partial charge in [-0.3, -0.25) is 0 Å². The molecule has 0 bridgehead atoms. The molecular formula is C12H15ClN2S3. The number of hydrogen-bond acceptors (Lipinski definition) is 5. The van der Waals surface area contributed by atoms with Crippen LogP contribution in [0.4, 0.5) is 0 Å². The van der Waals surface area contributed by atoms with Crippen LogP contribution in [0.5, 0.6) is 0 Å². The van der Waals surface area contributed by atoms with Crippen molar-refractivity contribution in [3.8, 4) is 0 Å². The van der Waals surface area contributed by atoms with Gasteiger partial charge in [0.2, 0.25) is 0 Å². The molecule has 2 atom stereocenters. The Morgan fingerprint density at radius 1 is 1.22 bits per heavy atom. The van der Waals surface area contributed by atoms with Crippen molar-refractivity contribution in [2.24, 2.45) is 0 Å². The molecule has 0 spiro atoms. The largest absolute Gasteiger partial charge is 0.235 e. The summed E-state index contributed by atoms with van der Waals surface area (Å²) in [6.45, 7) is 2.25. The van der Waals surface area contributed by atoms with E-state index in [1.54, 1.807) is 0 Å². The molecule has 2 nitrogen and oxygen atoms in total. The fourth-order valence-electron chi connectivity index (χ4n) is 2.30. The van der Waals surface area contributed by atoms with Crippen LogP contribution in [0.1, 0.15) is 35.7 Å². The van der Waals surface area contributed by atoms with Gasteiger partial charge in [0.1, 0.15) is 11.0 Å². The molecule has 98 valence electrons. The molecule has 2 aliphatic heterocycles. The van der Waals surface area contributed by atoms with E-state index in [1.165, 1.54) is 23.6 Å². The standard InChI is InChI=1S/C12H15ClN2S3/c1-2-9-10(18-4-3-17-9)12-14-8-6-16-5-7(8)11(13)15-12/h9-10H,2-6H2,1H3. The van der Waals surface area contributed by atoms with Gasteiger partial charge in [0.05, 0.1) is 10.9 Å². The second-order valence-electron chi connectivity index (χ2n) is 4.40. The minimum Gasteiger partial charge on any atom is -0.235 e. The van der Waals surface area contributed by atoms with Crippen LogP contribution in [0.2, 0.25) is 5.15 Å². The van der Waals surface area contributed by atoms with Gasteiger partial charge >= 0.3 is 0 Å². The van der Waals surface area contributed by atoms with Gasteiger partial charge in [0, 0.05) is 33.8 Å². The summed E-state index contributed by atoms with van der Waals surface area (Å²) in [4.78, 5) is 9.36. The first-order valence-electron chi connectivity index (χ1n) is 6.15. The zero-order valence-electron chi connectivity index (χ0n) is 10.2. The van der Waals surface area contributed by atoms with E-state index in [0.717, 1.165) is 22.9 Å². The maximum atomic E-state index is 6.30. The van der Waals surface area contributed by atoms with Gasteiger partial charge in [-0.05, 0) is 6.42 Å². The number of fused-ring (bicyclic) bond motifs is 1. The number of aromatic nitrogens is 2. The van der Waals surface area contributed by atoms with Crippen molar-refractivity contribution in [2.75, 3.05) is 11.5 Å². The summed E-state index contributed by atoms with van der Waals surface area (Å²) in [6, 6.07) is 0. The maximum absolute atomic E-state index is 6.30. The summed E-state index contributed by atoms with van der Waals surface area (Å²) < 4.78 is 0. The molecule has 2 unspecified atom stereocenters. The number of halogens is 1. The van der Waals surface area contributed by atoms with E-state index in [4.69, 9.17) is 16.6 Å². The third-order valence-corrected chi connectivity index (χ3v) is 7.78. The molecule has 0 amide bonds. The lowest BCUT2D eigenvalue weighted by Gasteiger charge is -2.29. The Kier molecular flexibility index (Phi) is 4.33. The topological polar surface area (TPSA) is 25.8 Å². The fraction of sp³-hybridized carbons (Fsp3) is 0.667. The van der Waals surface area contributed by atoms with E-state index in [2.05, 4.69) is 23.7 Å². The first-order valence-corrected chi connectivity index (χ1v) is 9.78. The Balaban J connectivity index is 1.93. The van der Waals surface area contributed by atoms with E-state index < -0.39 is 0 Å². The summed E-state index contributed by atoms with van der Waals surface area (Å²) in [5, 5.41) is 1.74. The highest BCUT2D eigenvalue weighted by Gasteiger charge is 2.30. The summed E-state index contributed by atoms with van der Waals surface area (Å²) in [7, 11) is 0. The number of nitrogens with zero attached hydrogens (tertiary/aromatic N) is 2. The molecule has 0 aliphatic carbocycles. The number of rotatable bonds is 2. The van der Waals surface area contributed by atoms with E-state index in [1.807, 2.05) is 23.5 Å². The van der Waals surface area contributed by atoms with Gasteiger partial charge in [-0.25, -0.2) is 9.97 Å². The highest BCUT2D eigenvalue weighted by atomic mass is 35.5. The summed E-state index contributed by atoms with van der Waals surface area (Å²) >= 11 is 12.2. The molecule has 0 aromatic carbocycles. The molecular weight excluding hydrogens is 304 g/mol. The minimum absolute atomic E-state index is 0.419. The lowest BCUT2D eigenvalue weighted by molar-refractivity contribution is 0.743. The lowest BCUT2D eigenvalue weighted by Crippen LogP contribution is -2.21. The Labute approximate surface area is 125 Å². The number of hydrogen-bond donors (Lipinski definition) is 0. The Bertz CT molecular complexity index is 455. The molecule has 6 heteroatoms. The van der Waals surface area contributed by atoms with Crippen LogP contribution < -0.4 is 0 Å². The molecule has 3 rings (SSSR count). The smallest absolute Gasteiger partial charge is 0.144 e. The lowest BCUT2D eigenvalue weighted by atomic mass is 10.2. The van der Waals surface area contributed by atoms with E-state index in [-0.39, 0.29) is 0 Å². The summed E-state index contributed by atoms with van der Waals surface area (Å²) in [5.41, 5.74) is 2.33.